The molecule has 0 unspecified atom stereocenters. The average Bonchev–Trinajstić information content (AvgIpc) is 2.67. The summed E-state index contributed by atoms with van der Waals surface area (Å²) in [6, 6.07) is 7.20. The second-order valence-electron chi connectivity index (χ2n) is 6.51. The number of aromatic nitrogens is 2. The Balaban J connectivity index is 1.61. The molecule has 3 rings (SSSR count). The van der Waals surface area contributed by atoms with Gasteiger partial charge < -0.3 is 10.5 Å². The number of sulfonamides is 1. The molecule has 2 aromatic rings. The number of carbonyl (C=O) groups is 1. The summed E-state index contributed by atoms with van der Waals surface area (Å²) in [6.07, 6.45) is 3.81. The van der Waals surface area contributed by atoms with Gasteiger partial charge in [0.2, 0.25) is 10.0 Å². The molecule has 10 heteroatoms. The van der Waals surface area contributed by atoms with Crippen molar-refractivity contribution in [3.05, 3.63) is 51.9 Å². The number of nitrogens with one attached hydrogen (secondary N) is 1. The van der Waals surface area contributed by atoms with Gasteiger partial charge in [0.1, 0.15) is 5.75 Å². The molecule has 1 aliphatic rings. The summed E-state index contributed by atoms with van der Waals surface area (Å²) in [5.41, 5.74) is 6.67. The summed E-state index contributed by atoms with van der Waals surface area (Å²) in [5.74, 6) is -0.285. The number of hydrogen-bond donors (Lipinski definition) is 2. The van der Waals surface area contributed by atoms with E-state index in [0.717, 1.165) is 36.9 Å². The number of nitrogens with two attached hydrogens (primary N) is 1. The van der Waals surface area contributed by atoms with Crippen LogP contribution in [0, 0.1) is 0 Å². The highest BCUT2D eigenvalue weighted by Gasteiger charge is 2.16. The molecule has 1 heterocycles. The largest absolute Gasteiger partial charge is 0.484 e. The van der Waals surface area contributed by atoms with Crippen LogP contribution in [0.15, 0.2) is 40.0 Å². The van der Waals surface area contributed by atoms with Gasteiger partial charge in [-0.3, -0.25) is 9.59 Å². The molecule has 0 bridgehead atoms. The lowest BCUT2D eigenvalue weighted by Gasteiger charge is -2.16. The molecule has 0 atom stereocenters. The molecular formula is C18H22N4O5S. The maximum atomic E-state index is 12.4. The molecule has 1 amide bonds. The first-order valence-corrected chi connectivity index (χ1v) is 10.4. The summed E-state index contributed by atoms with van der Waals surface area (Å²) in [5, 5.41) is 4.37. The Morgan fingerprint density at radius 3 is 2.64 bits per heavy atom. The number of benzene rings is 1. The zero-order valence-corrected chi connectivity index (χ0v) is 16.1. The van der Waals surface area contributed by atoms with Crippen LogP contribution in [0.4, 0.5) is 0 Å². The maximum absolute atomic E-state index is 12.4. The van der Waals surface area contributed by atoms with Crippen LogP contribution in [-0.2, 0) is 34.2 Å². The third-order valence-electron chi connectivity index (χ3n) is 4.40. The van der Waals surface area contributed by atoms with Gasteiger partial charge in [-0.15, -0.1) is 0 Å². The molecule has 0 saturated carbocycles. The highest BCUT2D eigenvalue weighted by molar-refractivity contribution is 7.89. The third-order valence-corrected chi connectivity index (χ3v) is 5.88. The van der Waals surface area contributed by atoms with E-state index >= 15 is 0 Å². The fourth-order valence-electron chi connectivity index (χ4n) is 3.00. The van der Waals surface area contributed by atoms with Gasteiger partial charge in [0.25, 0.3) is 11.5 Å². The lowest BCUT2D eigenvalue weighted by Crippen LogP contribution is -2.33. The number of carbonyl (C=O) groups excluding carboxylic acids is 1. The number of nitrogens with zero attached hydrogens (tertiary/aromatic N) is 2. The number of hydrogen-bond acceptors (Lipinski definition) is 6. The minimum absolute atomic E-state index is 0.0357. The highest BCUT2D eigenvalue weighted by Crippen LogP contribution is 2.17. The van der Waals surface area contributed by atoms with Crippen molar-refractivity contribution >= 4 is 15.9 Å². The average molecular weight is 406 g/mol. The molecule has 0 spiro atoms. The SMILES string of the molecule is NC(=O)COc1ccc(S(=O)(=O)NCCn2nc3c(cc2=O)CCCC3)cc1. The summed E-state index contributed by atoms with van der Waals surface area (Å²) in [7, 11) is -3.75. The lowest BCUT2D eigenvalue weighted by molar-refractivity contribution is -0.119. The van der Waals surface area contributed by atoms with E-state index in [1.165, 1.54) is 28.9 Å². The minimum Gasteiger partial charge on any atom is -0.484 e. The fraction of sp³-hybridized carbons (Fsp3) is 0.389. The normalized spacial score (nSPS) is 13.7. The van der Waals surface area contributed by atoms with Crippen LogP contribution < -0.4 is 20.8 Å². The Bertz CT molecular complexity index is 1020. The summed E-state index contributed by atoms with van der Waals surface area (Å²) < 4.78 is 33.6. The van der Waals surface area contributed by atoms with Crippen molar-refractivity contribution in [1.29, 1.82) is 0 Å². The van der Waals surface area contributed by atoms with E-state index in [0.29, 0.717) is 5.75 Å². The number of ether oxygens (including phenoxy) is 1. The van der Waals surface area contributed by atoms with Crippen molar-refractivity contribution in [2.24, 2.45) is 5.73 Å². The van der Waals surface area contributed by atoms with Crippen molar-refractivity contribution in [2.45, 2.75) is 37.1 Å². The first kappa shape index (κ1) is 20.0. The summed E-state index contributed by atoms with van der Waals surface area (Å²) in [6.45, 7) is -0.105. The standard InChI is InChI=1S/C18H22N4O5S/c19-17(23)12-27-14-5-7-15(8-6-14)28(25,26)20-9-10-22-18(24)11-13-3-1-2-4-16(13)21-22/h5-8,11,20H,1-4,9-10,12H2,(H2,19,23). The molecule has 28 heavy (non-hydrogen) atoms. The van der Waals surface area contributed by atoms with Crippen molar-refractivity contribution in [3.8, 4) is 5.75 Å². The molecule has 3 N–H and O–H groups in total. The van der Waals surface area contributed by atoms with E-state index in [2.05, 4.69) is 9.82 Å². The van der Waals surface area contributed by atoms with Crippen LogP contribution in [-0.4, -0.2) is 37.3 Å². The van der Waals surface area contributed by atoms with E-state index in [1.54, 1.807) is 6.07 Å². The number of fused-ring (bicyclic) bond motifs is 1. The lowest BCUT2D eigenvalue weighted by atomic mass is 9.97. The predicted molar refractivity (Wildman–Crippen MR) is 101 cm³/mol. The number of rotatable bonds is 8. The molecular weight excluding hydrogens is 384 g/mol. The van der Waals surface area contributed by atoms with Crippen molar-refractivity contribution < 1.29 is 17.9 Å². The Morgan fingerprint density at radius 1 is 1.21 bits per heavy atom. The van der Waals surface area contributed by atoms with Crippen molar-refractivity contribution in [2.75, 3.05) is 13.2 Å². The quantitative estimate of drug-likeness (QED) is 0.632. The monoisotopic (exact) mass is 406 g/mol. The molecule has 1 aliphatic carbocycles. The van der Waals surface area contributed by atoms with Gasteiger partial charge in [0, 0.05) is 12.6 Å². The molecule has 0 fully saturated rings. The van der Waals surface area contributed by atoms with Crippen LogP contribution in [0.3, 0.4) is 0 Å². The first-order chi connectivity index (χ1) is 13.3. The van der Waals surface area contributed by atoms with E-state index < -0.39 is 15.9 Å². The predicted octanol–water partition coefficient (Wildman–Crippen LogP) is -0.0353. The van der Waals surface area contributed by atoms with Gasteiger partial charge in [-0.05, 0) is 55.5 Å². The van der Waals surface area contributed by atoms with Crippen molar-refractivity contribution in [1.82, 2.24) is 14.5 Å². The van der Waals surface area contributed by atoms with Crippen LogP contribution in [0.1, 0.15) is 24.1 Å². The smallest absolute Gasteiger partial charge is 0.267 e. The third kappa shape index (κ3) is 4.96. The second kappa shape index (κ2) is 8.53. The zero-order chi connectivity index (χ0) is 20.1. The molecule has 0 saturated heterocycles. The van der Waals surface area contributed by atoms with E-state index in [-0.39, 0.29) is 30.2 Å². The second-order valence-corrected chi connectivity index (χ2v) is 8.28. The molecule has 9 nitrogen and oxygen atoms in total. The van der Waals surface area contributed by atoms with Gasteiger partial charge >= 0.3 is 0 Å². The Hall–Kier alpha value is -2.72. The van der Waals surface area contributed by atoms with Crippen LogP contribution >= 0.6 is 0 Å². The van der Waals surface area contributed by atoms with Gasteiger partial charge in [-0.25, -0.2) is 17.8 Å². The Kier molecular flexibility index (Phi) is 6.10. The number of primary amides is 1. The van der Waals surface area contributed by atoms with Crippen LogP contribution in [0.2, 0.25) is 0 Å². The van der Waals surface area contributed by atoms with Gasteiger partial charge in [0.05, 0.1) is 17.1 Å². The zero-order valence-electron chi connectivity index (χ0n) is 15.3. The van der Waals surface area contributed by atoms with E-state index in [9.17, 15) is 18.0 Å². The fourth-order valence-corrected chi connectivity index (χ4v) is 4.02. The number of amides is 1. The minimum atomic E-state index is -3.75. The molecule has 0 radical (unpaired) electrons. The van der Waals surface area contributed by atoms with Gasteiger partial charge in [0.15, 0.2) is 6.61 Å². The summed E-state index contributed by atoms with van der Waals surface area (Å²) >= 11 is 0. The molecule has 1 aromatic heterocycles. The Morgan fingerprint density at radius 2 is 1.93 bits per heavy atom. The van der Waals surface area contributed by atoms with Crippen molar-refractivity contribution in [3.63, 3.8) is 0 Å². The molecule has 150 valence electrons. The summed E-state index contributed by atoms with van der Waals surface area (Å²) in [4.78, 5) is 22.9. The van der Waals surface area contributed by atoms with Gasteiger partial charge in [-0.2, -0.15) is 5.10 Å². The van der Waals surface area contributed by atoms with Gasteiger partial charge in [-0.1, -0.05) is 0 Å². The highest BCUT2D eigenvalue weighted by atomic mass is 32.2. The van der Waals surface area contributed by atoms with Crippen LogP contribution in [0.5, 0.6) is 5.75 Å². The molecule has 1 aromatic carbocycles. The van der Waals surface area contributed by atoms with Crippen LogP contribution in [0.25, 0.3) is 0 Å². The topological polar surface area (TPSA) is 133 Å². The van der Waals surface area contributed by atoms with E-state index in [1.807, 2.05) is 0 Å². The Labute approximate surface area is 162 Å². The number of aryl methyl sites for hydroxylation is 2. The maximum Gasteiger partial charge on any atom is 0.267 e. The molecule has 0 aliphatic heterocycles. The first-order valence-electron chi connectivity index (χ1n) is 8.96. The van der Waals surface area contributed by atoms with E-state index in [4.69, 9.17) is 10.5 Å².